The number of carbonyl (C=O) groups is 1. The highest BCUT2D eigenvalue weighted by atomic mass is 16.4. The fourth-order valence-corrected chi connectivity index (χ4v) is 3.07. The van der Waals surface area contributed by atoms with Crippen LogP contribution in [0.5, 0.6) is 0 Å². The molecule has 1 aliphatic rings. The van der Waals surface area contributed by atoms with Gasteiger partial charge in [-0.25, -0.2) is 0 Å². The lowest BCUT2D eigenvalue weighted by molar-refractivity contribution is -0.144. The highest BCUT2D eigenvalue weighted by Gasteiger charge is 2.45. The minimum absolute atomic E-state index is 0.135. The van der Waals surface area contributed by atoms with Crippen LogP contribution in [0, 0.1) is 11.8 Å². The number of aliphatic carboxylic acids is 1. The topological polar surface area (TPSA) is 66.6 Å². The summed E-state index contributed by atoms with van der Waals surface area (Å²) in [7, 11) is 0. The van der Waals surface area contributed by atoms with E-state index in [0.717, 1.165) is 38.9 Å². The lowest BCUT2D eigenvalue weighted by atomic mass is 9.85. The molecule has 3 atom stereocenters. The Hall–Kier alpha value is -0.610. The zero-order chi connectivity index (χ0) is 14.5. The van der Waals surface area contributed by atoms with Crippen molar-refractivity contribution < 1.29 is 9.90 Å². The quantitative estimate of drug-likeness (QED) is 0.710. The van der Waals surface area contributed by atoms with Crippen molar-refractivity contribution in [2.24, 2.45) is 17.6 Å². The summed E-state index contributed by atoms with van der Waals surface area (Å²) in [5.74, 6) is 0.0154. The van der Waals surface area contributed by atoms with E-state index in [9.17, 15) is 9.90 Å². The van der Waals surface area contributed by atoms with Gasteiger partial charge in [0.15, 0.2) is 0 Å². The van der Waals surface area contributed by atoms with E-state index < -0.39 is 11.5 Å². The Morgan fingerprint density at radius 3 is 2.74 bits per heavy atom. The van der Waals surface area contributed by atoms with E-state index in [4.69, 9.17) is 5.73 Å². The summed E-state index contributed by atoms with van der Waals surface area (Å²) in [6.45, 7) is 9.75. The monoisotopic (exact) mass is 270 g/mol. The zero-order valence-corrected chi connectivity index (χ0v) is 12.7. The van der Waals surface area contributed by atoms with Crippen molar-refractivity contribution >= 4 is 5.97 Å². The third kappa shape index (κ3) is 4.18. The molecule has 3 N–H and O–H groups in total. The first-order chi connectivity index (χ1) is 8.93. The van der Waals surface area contributed by atoms with Crippen LogP contribution >= 0.6 is 0 Å². The molecule has 1 fully saturated rings. The fourth-order valence-electron chi connectivity index (χ4n) is 3.07. The summed E-state index contributed by atoms with van der Waals surface area (Å²) >= 11 is 0. The summed E-state index contributed by atoms with van der Waals surface area (Å²) < 4.78 is 0. The van der Waals surface area contributed by atoms with Gasteiger partial charge in [-0.15, -0.1) is 0 Å². The van der Waals surface area contributed by atoms with Gasteiger partial charge in [0.05, 0.1) is 0 Å². The van der Waals surface area contributed by atoms with Crippen molar-refractivity contribution in [3.8, 4) is 0 Å². The van der Waals surface area contributed by atoms with Crippen molar-refractivity contribution in [2.75, 3.05) is 19.6 Å². The molecular weight excluding hydrogens is 240 g/mol. The SMILES string of the molecule is CCC(C)CN(CC)CCC1CCCC1(N)C(=O)O. The maximum Gasteiger partial charge on any atom is 0.323 e. The number of carboxylic acid groups (broad SMARTS) is 1. The zero-order valence-electron chi connectivity index (χ0n) is 12.7. The number of rotatable bonds is 8. The average molecular weight is 270 g/mol. The van der Waals surface area contributed by atoms with Gasteiger partial charge in [0, 0.05) is 6.54 Å². The second kappa shape index (κ2) is 7.25. The minimum Gasteiger partial charge on any atom is -0.480 e. The summed E-state index contributed by atoms with van der Waals surface area (Å²) in [4.78, 5) is 13.8. The third-order valence-corrected chi connectivity index (χ3v) is 4.78. The molecule has 0 aliphatic heterocycles. The van der Waals surface area contributed by atoms with E-state index in [1.165, 1.54) is 6.42 Å². The molecule has 4 heteroatoms. The Labute approximate surface area is 117 Å². The Morgan fingerprint density at radius 2 is 2.21 bits per heavy atom. The van der Waals surface area contributed by atoms with Crippen LogP contribution in [-0.2, 0) is 4.79 Å². The Balaban J connectivity index is 2.48. The van der Waals surface area contributed by atoms with Crippen molar-refractivity contribution in [3.63, 3.8) is 0 Å². The van der Waals surface area contributed by atoms with Gasteiger partial charge in [0.1, 0.15) is 5.54 Å². The molecule has 4 nitrogen and oxygen atoms in total. The molecule has 0 aromatic carbocycles. The average Bonchev–Trinajstić information content (AvgIpc) is 2.77. The van der Waals surface area contributed by atoms with E-state index in [1.54, 1.807) is 0 Å². The first-order valence-corrected chi connectivity index (χ1v) is 7.68. The first-order valence-electron chi connectivity index (χ1n) is 7.68. The minimum atomic E-state index is -0.976. The predicted molar refractivity (Wildman–Crippen MR) is 78.1 cm³/mol. The van der Waals surface area contributed by atoms with Crippen LogP contribution in [0.1, 0.15) is 52.9 Å². The van der Waals surface area contributed by atoms with Gasteiger partial charge in [-0.1, -0.05) is 33.6 Å². The number of carboxylic acids is 1. The van der Waals surface area contributed by atoms with Crippen molar-refractivity contribution in [2.45, 2.75) is 58.4 Å². The van der Waals surface area contributed by atoms with E-state index in [1.807, 2.05) is 0 Å². The molecule has 0 amide bonds. The summed E-state index contributed by atoms with van der Waals surface area (Å²) in [6, 6.07) is 0. The maximum atomic E-state index is 11.3. The largest absolute Gasteiger partial charge is 0.480 e. The van der Waals surface area contributed by atoms with Crippen LogP contribution in [0.2, 0.25) is 0 Å². The van der Waals surface area contributed by atoms with Gasteiger partial charge in [0.25, 0.3) is 0 Å². The van der Waals surface area contributed by atoms with Crippen LogP contribution < -0.4 is 5.73 Å². The Morgan fingerprint density at radius 1 is 1.53 bits per heavy atom. The molecule has 0 heterocycles. The molecule has 1 saturated carbocycles. The molecule has 19 heavy (non-hydrogen) atoms. The van der Waals surface area contributed by atoms with Crippen molar-refractivity contribution in [1.29, 1.82) is 0 Å². The molecule has 1 aliphatic carbocycles. The van der Waals surface area contributed by atoms with Crippen LogP contribution in [0.25, 0.3) is 0 Å². The predicted octanol–water partition coefficient (Wildman–Crippen LogP) is 2.33. The standard InChI is InChI=1S/C15H30N2O2/c1-4-12(3)11-17(5-2)10-8-13-7-6-9-15(13,16)14(18)19/h12-13H,4-11,16H2,1-3H3,(H,18,19). The molecule has 0 aromatic heterocycles. The summed E-state index contributed by atoms with van der Waals surface area (Å²) in [5.41, 5.74) is 5.11. The molecule has 1 rings (SSSR count). The lowest BCUT2D eigenvalue weighted by Crippen LogP contribution is -2.51. The van der Waals surface area contributed by atoms with Gasteiger partial charge in [0.2, 0.25) is 0 Å². The van der Waals surface area contributed by atoms with Crippen molar-refractivity contribution in [3.05, 3.63) is 0 Å². The Kier molecular flexibility index (Phi) is 6.27. The lowest BCUT2D eigenvalue weighted by Gasteiger charge is -2.30. The summed E-state index contributed by atoms with van der Waals surface area (Å²) in [5, 5.41) is 9.31. The number of hydrogen-bond acceptors (Lipinski definition) is 3. The van der Waals surface area contributed by atoms with Crippen LogP contribution in [0.3, 0.4) is 0 Å². The van der Waals surface area contributed by atoms with Crippen molar-refractivity contribution in [1.82, 2.24) is 4.90 Å². The molecule has 112 valence electrons. The van der Waals surface area contributed by atoms with Crippen LogP contribution in [0.15, 0.2) is 0 Å². The van der Waals surface area contributed by atoms with Crippen LogP contribution in [-0.4, -0.2) is 41.1 Å². The molecule has 0 saturated heterocycles. The van der Waals surface area contributed by atoms with E-state index >= 15 is 0 Å². The van der Waals surface area contributed by atoms with E-state index in [-0.39, 0.29) is 5.92 Å². The molecule has 0 bridgehead atoms. The van der Waals surface area contributed by atoms with Gasteiger partial charge >= 0.3 is 5.97 Å². The molecular formula is C15H30N2O2. The van der Waals surface area contributed by atoms with Gasteiger partial charge in [-0.05, 0) is 44.2 Å². The summed E-state index contributed by atoms with van der Waals surface area (Å²) in [6.07, 6.45) is 4.64. The molecule has 0 radical (unpaired) electrons. The fraction of sp³-hybridized carbons (Fsp3) is 0.933. The third-order valence-electron chi connectivity index (χ3n) is 4.78. The number of nitrogens with two attached hydrogens (primary N) is 1. The molecule has 0 aromatic rings. The van der Waals surface area contributed by atoms with E-state index in [2.05, 4.69) is 25.7 Å². The second-order valence-electron chi connectivity index (χ2n) is 6.13. The van der Waals surface area contributed by atoms with Gasteiger partial charge < -0.3 is 15.7 Å². The van der Waals surface area contributed by atoms with Crippen LogP contribution in [0.4, 0.5) is 0 Å². The maximum absolute atomic E-state index is 11.3. The highest BCUT2D eigenvalue weighted by molar-refractivity contribution is 5.79. The second-order valence-corrected chi connectivity index (χ2v) is 6.13. The van der Waals surface area contributed by atoms with E-state index in [0.29, 0.717) is 12.3 Å². The number of nitrogens with zero attached hydrogens (tertiary/aromatic N) is 1. The smallest absolute Gasteiger partial charge is 0.323 e. The molecule has 3 unspecified atom stereocenters. The number of hydrogen-bond donors (Lipinski definition) is 2. The highest BCUT2D eigenvalue weighted by Crippen LogP contribution is 2.36. The first kappa shape index (κ1) is 16.4. The van der Waals surface area contributed by atoms with Gasteiger partial charge in [-0.2, -0.15) is 0 Å². The Bertz CT molecular complexity index is 296. The molecule has 0 spiro atoms. The van der Waals surface area contributed by atoms with Gasteiger partial charge in [-0.3, -0.25) is 4.79 Å². The normalized spacial score (nSPS) is 28.8.